The molecule has 70 valence electrons. The van der Waals surface area contributed by atoms with Gasteiger partial charge in [-0.25, -0.2) is 0 Å². The number of hydrogen-bond acceptors (Lipinski definition) is 2. The van der Waals surface area contributed by atoms with Crippen molar-refractivity contribution in [3.8, 4) is 6.07 Å². The lowest BCUT2D eigenvalue weighted by Crippen LogP contribution is -1.82. The first-order valence-electron chi connectivity index (χ1n) is 3.24. The molecule has 0 unspecified atom stereocenters. The maximum absolute atomic E-state index is 8.82. The molecule has 0 saturated heterocycles. The van der Waals surface area contributed by atoms with Crippen molar-refractivity contribution in [3.63, 3.8) is 0 Å². The summed E-state index contributed by atoms with van der Waals surface area (Å²) in [5.74, 6) is 0. The normalized spacial score (nSPS) is 9.00. The monoisotopic (exact) mass is 334 g/mol. The number of halogens is 3. The minimum absolute atomic E-state index is 0.144. The van der Waals surface area contributed by atoms with Crippen molar-refractivity contribution in [2.75, 3.05) is 0 Å². The second-order valence-corrected chi connectivity index (χ2v) is 4.27. The number of rotatable bonds is 1. The molecule has 0 aliphatic rings. The smallest absolute Gasteiger partial charge is 0.101 e. The highest BCUT2D eigenvalue weighted by atomic mass is 79.9. The van der Waals surface area contributed by atoms with E-state index in [4.69, 9.17) is 22.4 Å². The molecule has 0 fully saturated rings. The molecule has 7 heteroatoms. The van der Waals surface area contributed by atoms with Gasteiger partial charge in [0.05, 0.1) is 16.3 Å². The van der Waals surface area contributed by atoms with Gasteiger partial charge in [0, 0.05) is 13.9 Å². The molecule has 0 saturated carbocycles. The Morgan fingerprint density at radius 1 is 1.50 bits per heavy atom. The maximum Gasteiger partial charge on any atom is 0.101 e. The Labute approximate surface area is 101 Å². The highest BCUT2D eigenvalue weighted by Crippen LogP contribution is 2.39. The van der Waals surface area contributed by atoms with Gasteiger partial charge in [0.2, 0.25) is 0 Å². The van der Waals surface area contributed by atoms with Gasteiger partial charge in [-0.05, 0) is 27.5 Å². The van der Waals surface area contributed by atoms with E-state index in [0.29, 0.717) is 8.95 Å². The first kappa shape index (κ1) is 11.3. The standard InChI is InChI=1S/C7HBr2ClN4/c8-4-1-5(9)7(13-14-12)3(2-11)6(4)10/h1H. The lowest BCUT2D eigenvalue weighted by molar-refractivity contribution is 1.39. The predicted molar refractivity (Wildman–Crippen MR) is 60.4 cm³/mol. The summed E-state index contributed by atoms with van der Waals surface area (Å²) in [6.07, 6.45) is 0. The summed E-state index contributed by atoms with van der Waals surface area (Å²) in [7, 11) is 0. The maximum atomic E-state index is 8.82. The van der Waals surface area contributed by atoms with Crippen LogP contribution in [0.2, 0.25) is 5.02 Å². The number of benzene rings is 1. The van der Waals surface area contributed by atoms with E-state index in [2.05, 4.69) is 41.9 Å². The van der Waals surface area contributed by atoms with Gasteiger partial charge < -0.3 is 0 Å². The van der Waals surface area contributed by atoms with Gasteiger partial charge in [0.1, 0.15) is 6.07 Å². The van der Waals surface area contributed by atoms with E-state index in [0.717, 1.165) is 0 Å². The Morgan fingerprint density at radius 2 is 2.14 bits per heavy atom. The Kier molecular flexibility index (Phi) is 3.78. The van der Waals surface area contributed by atoms with Crippen molar-refractivity contribution < 1.29 is 0 Å². The molecule has 0 bridgehead atoms. The zero-order valence-electron chi connectivity index (χ0n) is 6.50. The molecular weight excluding hydrogens is 335 g/mol. The van der Waals surface area contributed by atoms with Crippen molar-refractivity contribution >= 4 is 49.1 Å². The summed E-state index contributed by atoms with van der Waals surface area (Å²) in [5, 5.41) is 12.4. The molecule has 0 spiro atoms. The quantitative estimate of drug-likeness (QED) is 0.318. The lowest BCUT2D eigenvalue weighted by Gasteiger charge is -2.04. The van der Waals surface area contributed by atoms with Gasteiger partial charge in [-0.3, -0.25) is 0 Å². The molecular formula is C7HBr2ClN4. The molecule has 0 heterocycles. The summed E-state index contributed by atoms with van der Waals surface area (Å²) >= 11 is 12.2. The van der Waals surface area contributed by atoms with Crippen LogP contribution >= 0.6 is 43.5 Å². The first-order chi connectivity index (χ1) is 6.61. The number of azide groups is 1. The van der Waals surface area contributed by atoms with Gasteiger partial charge >= 0.3 is 0 Å². The molecule has 0 amide bonds. The summed E-state index contributed by atoms with van der Waals surface area (Å²) in [6.45, 7) is 0. The molecule has 1 aromatic carbocycles. The van der Waals surface area contributed by atoms with Crippen LogP contribution in [0.25, 0.3) is 10.4 Å². The highest BCUT2D eigenvalue weighted by molar-refractivity contribution is 9.11. The number of hydrogen-bond donors (Lipinski definition) is 0. The third-order valence-electron chi connectivity index (χ3n) is 1.40. The Bertz CT molecular complexity index is 474. The van der Waals surface area contributed by atoms with Crippen LogP contribution < -0.4 is 0 Å². The van der Waals surface area contributed by atoms with E-state index in [1.54, 1.807) is 6.07 Å². The van der Waals surface area contributed by atoms with Crippen molar-refractivity contribution in [2.45, 2.75) is 0 Å². The van der Waals surface area contributed by atoms with Crippen molar-refractivity contribution in [3.05, 3.63) is 36.0 Å². The molecule has 0 aromatic heterocycles. The van der Waals surface area contributed by atoms with Crippen molar-refractivity contribution in [2.24, 2.45) is 5.11 Å². The molecule has 4 nitrogen and oxygen atoms in total. The fourth-order valence-electron chi connectivity index (χ4n) is 0.830. The third kappa shape index (κ3) is 2.02. The second-order valence-electron chi connectivity index (χ2n) is 2.18. The van der Waals surface area contributed by atoms with Crippen LogP contribution in [-0.2, 0) is 0 Å². The van der Waals surface area contributed by atoms with Crippen molar-refractivity contribution in [1.29, 1.82) is 5.26 Å². The first-order valence-corrected chi connectivity index (χ1v) is 5.21. The molecule has 1 rings (SSSR count). The van der Waals surface area contributed by atoms with E-state index in [9.17, 15) is 0 Å². The largest absolute Gasteiger partial charge is 0.192 e. The Morgan fingerprint density at radius 3 is 2.64 bits per heavy atom. The molecule has 0 atom stereocenters. The number of nitrogens with zero attached hydrogens (tertiary/aromatic N) is 4. The summed E-state index contributed by atoms with van der Waals surface area (Å²) in [5.41, 5.74) is 8.64. The average molecular weight is 336 g/mol. The van der Waals surface area contributed by atoms with E-state index >= 15 is 0 Å². The van der Waals surface area contributed by atoms with Crippen LogP contribution in [0.5, 0.6) is 0 Å². The van der Waals surface area contributed by atoms with Gasteiger partial charge in [0.15, 0.2) is 0 Å². The minimum Gasteiger partial charge on any atom is -0.192 e. The van der Waals surface area contributed by atoms with Gasteiger partial charge in [-0.1, -0.05) is 32.6 Å². The average Bonchev–Trinajstić information content (AvgIpc) is 2.15. The Balaban J connectivity index is 3.65. The van der Waals surface area contributed by atoms with Crippen LogP contribution in [-0.4, -0.2) is 0 Å². The minimum atomic E-state index is 0.144. The van der Waals surface area contributed by atoms with Gasteiger partial charge in [-0.2, -0.15) is 5.26 Å². The summed E-state index contributed by atoms with van der Waals surface area (Å²) in [4.78, 5) is 2.62. The molecule has 1 aromatic rings. The van der Waals surface area contributed by atoms with Crippen molar-refractivity contribution in [1.82, 2.24) is 0 Å². The zero-order valence-corrected chi connectivity index (χ0v) is 10.4. The fourth-order valence-corrected chi connectivity index (χ4v) is 2.26. The molecule has 0 radical (unpaired) electrons. The van der Waals surface area contributed by atoms with Crippen LogP contribution in [0, 0.1) is 11.3 Å². The van der Waals surface area contributed by atoms with Gasteiger partial charge in [-0.15, -0.1) is 0 Å². The van der Waals surface area contributed by atoms with E-state index in [1.165, 1.54) is 0 Å². The second kappa shape index (κ2) is 4.67. The predicted octanol–water partition coefficient (Wildman–Crippen LogP) is 4.68. The Hall–Kier alpha value is -0.730. The van der Waals surface area contributed by atoms with Gasteiger partial charge in [0.25, 0.3) is 0 Å². The summed E-state index contributed by atoms with van der Waals surface area (Å²) < 4.78 is 1.09. The molecule has 0 aliphatic carbocycles. The topological polar surface area (TPSA) is 72.5 Å². The fraction of sp³-hybridized carbons (Fsp3) is 0. The number of nitriles is 1. The zero-order chi connectivity index (χ0) is 10.7. The summed E-state index contributed by atoms with van der Waals surface area (Å²) in [6, 6.07) is 3.49. The van der Waals surface area contributed by atoms with Crippen LogP contribution in [0.4, 0.5) is 5.69 Å². The van der Waals surface area contributed by atoms with E-state index in [1.807, 2.05) is 6.07 Å². The van der Waals surface area contributed by atoms with Crippen LogP contribution in [0.15, 0.2) is 20.1 Å². The highest BCUT2D eigenvalue weighted by Gasteiger charge is 2.12. The molecule has 0 aliphatic heterocycles. The van der Waals surface area contributed by atoms with Crippen LogP contribution in [0.1, 0.15) is 5.56 Å². The lowest BCUT2D eigenvalue weighted by atomic mass is 10.2. The molecule has 0 N–H and O–H groups in total. The third-order valence-corrected chi connectivity index (χ3v) is 3.25. The molecule has 14 heavy (non-hydrogen) atoms. The van der Waals surface area contributed by atoms with E-state index in [-0.39, 0.29) is 16.3 Å². The van der Waals surface area contributed by atoms with Crippen LogP contribution in [0.3, 0.4) is 0 Å². The SMILES string of the molecule is N#Cc1c(Cl)c(Br)cc(Br)c1N=[N+]=[N-]. The van der Waals surface area contributed by atoms with E-state index < -0.39 is 0 Å².